The summed E-state index contributed by atoms with van der Waals surface area (Å²) < 4.78 is 12.7. The number of carboxylic acid groups (broad SMARTS) is 1. The molecule has 1 spiro atoms. The van der Waals surface area contributed by atoms with E-state index in [1.807, 2.05) is 13.0 Å². The lowest BCUT2D eigenvalue weighted by Crippen LogP contribution is -2.51. The normalized spacial score (nSPS) is 36.3. The van der Waals surface area contributed by atoms with Gasteiger partial charge in [-0.05, 0) is 91.9 Å². The predicted molar refractivity (Wildman–Crippen MR) is 112 cm³/mol. The van der Waals surface area contributed by atoms with E-state index in [2.05, 4.69) is 13.0 Å². The van der Waals surface area contributed by atoms with Gasteiger partial charge in [-0.3, -0.25) is 4.79 Å². The van der Waals surface area contributed by atoms with Gasteiger partial charge in [0.05, 0.1) is 13.2 Å². The van der Waals surface area contributed by atoms with Crippen LogP contribution in [-0.4, -0.2) is 35.2 Å². The molecule has 5 nitrogen and oxygen atoms in total. The Bertz CT molecular complexity index is 842. The Balaban J connectivity index is 1.49. The molecule has 1 aliphatic heterocycles. The molecular formula is C25H34O5. The molecule has 0 aromatic heterocycles. The lowest BCUT2D eigenvalue weighted by atomic mass is 9.53. The Labute approximate surface area is 178 Å². The van der Waals surface area contributed by atoms with Crippen molar-refractivity contribution >= 4 is 5.97 Å². The van der Waals surface area contributed by atoms with Crippen molar-refractivity contribution in [1.29, 1.82) is 0 Å². The molecule has 3 fully saturated rings. The highest BCUT2D eigenvalue weighted by atomic mass is 16.7. The molecule has 4 aliphatic rings. The zero-order valence-electron chi connectivity index (χ0n) is 18.2. The maximum Gasteiger partial charge on any atom is 0.303 e. The first-order valence-electron chi connectivity index (χ1n) is 11.7. The number of hydrogen-bond acceptors (Lipinski definition) is 4. The van der Waals surface area contributed by atoms with Crippen LogP contribution in [0.1, 0.15) is 74.5 Å². The Morgan fingerprint density at radius 2 is 2.00 bits per heavy atom. The van der Waals surface area contributed by atoms with E-state index in [1.165, 1.54) is 11.1 Å². The Morgan fingerprint density at radius 1 is 1.23 bits per heavy atom. The summed E-state index contributed by atoms with van der Waals surface area (Å²) >= 11 is 0. The number of rotatable bonds is 4. The molecule has 0 bridgehead atoms. The van der Waals surface area contributed by atoms with Gasteiger partial charge in [0.2, 0.25) is 0 Å². The number of ether oxygens (including phenoxy) is 2. The molecule has 1 heterocycles. The third kappa shape index (κ3) is 2.92. The molecule has 164 valence electrons. The molecule has 30 heavy (non-hydrogen) atoms. The number of benzene rings is 1. The number of hydrogen-bond donors (Lipinski definition) is 2. The van der Waals surface area contributed by atoms with Gasteiger partial charge < -0.3 is 19.7 Å². The van der Waals surface area contributed by atoms with Crippen molar-refractivity contribution in [1.82, 2.24) is 0 Å². The SMILES string of the molecule is Cc1cc2c(cc1O)CC[C@H]1[C@@H]3[C@@H](CCCC(=O)O)CC4(OCCO4)[C@@]3(C)CC[C@H]21. The minimum absolute atomic E-state index is 0.0119. The molecule has 1 aromatic rings. The molecule has 0 amide bonds. The fourth-order valence-corrected chi connectivity index (χ4v) is 7.69. The van der Waals surface area contributed by atoms with Gasteiger partial charge in [-0.1, -0.05) is 13.0 Å². The van der Waals surface area contributed by atoms with Crippen LogP contribution in [0.2, 0.25) is 0 Å². The van der Waals surface area contributed by atoms with E-state index in [-0.39, 0.29) is 11.8 Å². The van der Waals surface area contributed by atoms with Gasteiger partial charge in [-0.25, -0.2) is 0 Å². The number of aliphatic carboxylic acids is 1. The molecule has 1 saturated heterocycles. The van der Waals surface area contributed by atoms with Crippen LogP contribution in [0.4, 0.5) is 0 Å². The number of carboxylic acids is 1. The van der Waals surface area contributed by atoms with Crippen LogP contribution in [0.3, 0.4) is 0 Å². The molecule has 2 N–H and O–H groups in total. The third-order valence-corrected chi connectivity index (χ3v) is 8.92. The largest absolute Gasteiger partial charge is 0.508 e. The second-order valence-corrected chi connectivity index (χ2v) is 10.3. The van der Waals surface area contributed by atoms with E-state index in [9.17, 15) is 9.90 Å². The van der Waals surface area contributed by atoms with Gasteiger partial charge in [-0.2, -0.15) is 0 Å². The smallest absolute Gasteiger partial charge is 0.303 e. The highest BCUT2D eigenvalue weighted by molar-refractivity contribution is 5.66. The Kier molecular flexibility index (Phi) is 4.90. The van der Waals surface area contributed by atoms with Crippen molar-refractivity contribution in [2.24, 2.45) is 23.2 Å². The third-order valence-electron chi connectivity index (χ3n) is 8.92. The summed E-state index contributed by atoms with van der Waals surface area (Å²) in [6.45, 7) is 5.71. The number of fused-ring (bicyclic) bond motifs is 6. The van der Waals surface area contributed by atoms with Gasteiger partial charge in [0.1, 0.15) is 5.75 Å². The van der Waals surface area contributed by atoms with Crippen LogP contribution in [0.5, 0.6) is 5.75 Å². The van der Waals surface area contributed by atoms with E-state index < -0.39 is 11.8 Å². The Hall–Kier alpha value is -1.59. The fraction of sp³-hybridized carbons (Fsp3) is 0.720. The first kappa shape index (κ1) is 20.3. The zero-order valence-corrected chi connectivity index (χ0v) is 18.2. The Morgan fingerprint density at radius 3 is 2.73 bits per heavy atom. The van der Waals surface area contributed by atoms with E-state index >= 15 is 0 Å². The van der Waals surface area contributed by atoms with E-state index in [0.29, 0.717) is 42.6 Å². The summed E-state index contributed by atoms with van der Waals surface area (Å²) in [6.07, 6.45) is 7.15. The van der Waals surface area contributed by atoms with Gasteiger partial charge in [0.15, 0.2) is 5.79 Å². The molecule has 5 heteroatoms. The van der Waals surface area contributed by atoms with E-state index in [1.54, 1.807) is 0 Å². The van der Waals surface area contributed by atoms with Crippen LogP contribution in [0.25, 0.3) is 0 Å². The second kappa shape index (κ2) is 7.23. The standard InChI is InChI=1S/C25H34O5/c1-15-12-20-16(13-21(15)26)6-7-19-18(20)8-9-24(2)23(19)17(4-3-5-22(27)28)14-25(24)29-10-11-30-25/h12-13,17-19,23,26H,3-11,14H2,1-2H3,(H,27,28)/t17-,18-,19+,23-,24-/m0/s1. The van der Waals surface area contributed by atoms with Crippen molar-refractivity contribution in [3.05, 3.63) is 28.8 Å². The molecule has 5 rings (SSSR count). The summed E-state index contributed by atoms with van der Waals surface area (Å²) in [6, 6.07) is 4.20. The second-order valence-electron chi connectivity index (χ2n) is 10.3. The summed E-state index contributed by atoms with van der Waals surface area (Å²) in [7, 11) is 0. The summed E-state index contributed by atoms with van der Waals surface area (Å²) in [4.78, 5) is 11.1. The monoisotopic (exact) mass is 414 g/mol. The van der Waals surface area contributed by atoms with Crippen LogP contribution < -0.4 is 0 Å². The lowest BCUT2D eigenvalue weighted by Gasteiger charge is -2.53. The molecule has 0 unspecified atom stereocenters. The van der Waals surface area contributed by atoms with Crippen LogP contribution in [0, 0.1) is 30.1 Å². The molecule has 0 radical (unpaired) electrons. The number of aryl methyl sites for hydroxylation is 2. The molecule has 1 aromatic carbocycles. The minimum atomic E-state index is -0.706. The molecule has 3 aliphatic carbocycles. The lowest BCUT2D eigenvalue weighted by molar-refractivity contribution is -0.237. The molecule has 2 saturated carbocycles. The number of aromatic hydroxyl groups is 1. The number of carbonyl (C=O) groups is 1. The highest BCUT2D eigenvalue weighted by Crippen LogP contribution is 2.68. The van der Waals surface area contributed by atoms with E-state index in [4.69, 9.17) is 14.6 Å². The average molecular weight is 415 g/mol. The summed E-state index contributed by atoms with van der Waals surface area (Å²) in [5.41, 5.74) is 3.70. The van der Waals surface area contributed by atoms with Crippen molar-refractivity contribution in [3.8, 4) is 5.75 Å². The van der Waals surface area contributed by atoms with Gasteiger partial charge >= 0.3 is 5.97 Å². The van der Waals surface area contributed by atoms with Crippen molar-refractivity contribution in [3.63, 3.8) is 0 Å². The maximum absolute atomic E-state index is 11.1. The van der Waals surface area contributed by atoms with Gasteiger partial charge in [0, 0.05) is 18.3 Å². The van der Waals surface area contributed by atoms with Gasteiger partial charge in [-0.15, -0.1) is 0 Å². The van der Waals surface area contributed by atoms with E-state index in [0.717, 1.165) is 50.5 Å². The quantitative estimate of drug-likeness (QED) is 0.741. The zero-order chi connectivity index (χ0) is 21.1. The highest BCUT2D eigenvalue weighted by Gasteiger charge is 2.68. The summed E-state index contributed by atoms with van der Waals surface area (Å²) in [5.74, 6) is 1.24. The van der Waals surface area contributed by atoms with Crippen molar-refractivity contribution < 1.29 is 24.5 Å². The van der Waals surface area contributed by atoms with Crippen LogP contribution in [0.15, 0.2) is 12.1 Å². The minimum Gasteiger partial charge on any atom is -0.508 e. The van der Waals surface area contributed by atoms with Crippen LogP contribution >= 0.6 is 0 Å². The average Bonchev–Trinajstić information content (AvgIpc) is 3.27. The predicted octanol–water partition coefficient (Wildman–Crippen LogP) is 4.78. The van der Waals surface area contributed by atoms with Crippen LogP contribution in [-0.2, 0) is 20.7 Å². The first-order valence-corrected chi connectivity index (χ1v) is 11.7. The summed E-state index contributed by atoms with van der Waals surface area (Å²) in [5, 5.41) is 19.4. The first-order chi connectivity index (χ1) is 14.3. The fourth-order valence-electron chi connectivity index (χ4n) is 7.69. The maximum atomic E-state index is 11.1. The van der Waals surface area contributed by atoms with Gasteiger partial charge in [0.25, 0.3) is 0 Å². The molecule has 5 atom stereocenters. The topological polar surface area (TPSA) is 76.0 Å². The van der Waals surface area contributed by atoms with Crippen molar-refractivity contribution in [2.75, 3.05) is 13.2 Å². The van der Waals surface area contributed by atoms with Crippen molar-refractivity contribution in [2.45, 2.75) is 76.9 Å². The molecular weight excluding hydrogens is 380 g/mol. The number of phenolic OH excluding ortho intramolecular Hbond substituents is 1. The number of phenols is 1.